The predicted molar refractivity (Wildman–Crippen MR) is 78.0 cm³/mol. The number of amides is 1. The number of nitrogens with one attached hydrogen (secondary N) is 1. The van der Waals surface area contributed by atoms with Gasteiger partial charge in [0.2, 0.25) is 5.91 Å². The monoisotopic (exact) mass is 282 g/mol. The van der Waals surface area contributed by atoms with Crippen LogP contribution in [0.2, 0.25) is 5.02 Å². The molecule has 0 saturated carbocycles. The highest BCUT2D eigenvalue weighted by atomic mass is 35.5. The van der Waals surface area contributed by atoms with E-state index >= 15 is 0 Å². The van der Waals surface area contributed by atoms with Crippen LogP contribution >= 0.6 is 11.6 Å². The second kappa shape index (κ2) is 6.26. The molecule has 0 atom stereocenters. The maximum absolute atomic E-state index is 11.6. The van der Waals surface area contributed by atoms with Gasteiger partial charge in [-0.1, -0.05) is 25.4 Å². The number of morpholine rings is 1. The smallest absolute Gasteiger partial charge is 0.226 e. The number of rotatable bonds is 3. The van der Waals surface area contributed by atoms with Gasteiger partial charge in [-0.3, -0.25) is 4.79 Å². The van der Waals surface area contributed by atoms with Gasteiger partial charge in [0.1, 0.15) is 0 Å². The van der Waals surface area contributed by atoms with Crippen molar-refractivity contribution >= 4 is 28.9 Å². The van der Waals surface area contributed by atoms with Crippen LogP contribution in [0.3, 0.4) is 0 Å². The molecule has 104 valence electrons. The van der Waals surface area contributed by atoms with Gasteiger partial charge in [0.05, 0.1) is 23.9 Å². The molecule has 1 aliphatic rings. The van der Waals surface area contributed by atoms with E-state index in [4.69, 9.17) is 16.3 Å². The van der Waals surface area contributed by atoms with Crippen LogP contribution < -0.4 is 10.2 Å². The van der Waals surface area contributed by atoms with Crippen molar-refractivity contribution < 1.29 is 9.53 Å². The molecule has 2 rings (SSSR count). The Morgan fingerprint density at radius 3 is 2.63 bits per heavy atom. The van der Waals surface area contributed by atoms with Gasteiger partial charge in [-0.25, -0.2) is 0 Å². The molecule has 1 aliphatic heterocycles. The number of hydrogen-bond acceptors (Lipinski definition) is 3. The van der Waals surface area contributed by atoms with Crippen molar-refractivity contribution in [2.24, 2.45) is 5.92 Å². The van der Waals surface area contributed by atoms with Crippen LogP contribution in [0.15, 0.2) is 18.2 Å². The van der Waals surface area contributed by atoms with Gasteiger partial charge in [0, 0.05) is 24.7 Å². The Labute approximate surface area is 118 Å². The normalized spacial score (nSPS) is 15.7. The summed E-state index contributed by atoms with van der Waals surface area (Å²) >= 11 is 6.29. The van der Waals surface area contributed by atoms with E-state index < -0.39 is 0 Å². The number of halogens is 1. The fraction of sp³-hybridized carbons (Fsp3) is 0.500. The van der Waals surface area contributed by atoms with Crippen LogP contribution in [-0.4, -0.2) is 32.2 Å². The van der Waals surface area contributed by atoms with Crippen LogP contribution in [0.1, 0.15) is 13.8 Å². The number of ether oxygens (including phenoxy) is 1. The molecule has 0 bridgehead atoms. The van der Waals surface area contributed by atoms with Crippen LogP contribution in [0.5, 0.6) is 0 Å². The number of anilines is 2. The first-order valence-corrected chi connectivity index (χ1v) is 6.89. The quantitative estimate of drug-likeness (QED) is 0.927. The summed E-state index contributed by atoms with van der Waals surface area (Å²) in [5.74, 6) is -0.0483. The van der Waals surface area contributed by atoms with E-state index in [1.54, 1.807) is 6.07 Å². The molecule has 1 N–H and O–H groups in total. The van der Waals surface area contributed by atoms with Crippen molar-refractivity contribution in [3.63, 3.8) is 0 Å². The lowest BCUT2D eigenvalue weighted by Crippen LogP contribution is -2.36. The molecule has 0 aliphatic carbocycles. The lowest BCUT2D eigenvalue weighted by molar-refractivity contribution is -0.118. The summed E-state index contributed by atoms with van der Waals surface area (Å²) in [7, 11) is 0. The maximum atomic E-state index is 11.6. The fourth-order valence-electron chi connectivity index (χ4n) is 1.93. The molecule has 1 saturated heterocycles. The van der Waals surface area contributed by atoms with Gasteiger partial charge in [-0.15, -0.1) is 0 Å². The standard InChI is InChI=1S/C14H19ClN2O2/c1-10(2)14(18)16-11-3-4-13(12(15)9-11)17-5-7-19-8-6-17/h3-4,9-10H,5-8H2,1-2H3,(H,16,18). The largest absolute Gasteiger partial charge is 0.378 e. The van der Waals surface area contributed by atoms with Gasteiger partial charge < -0.3 is 15.0 Å². The van der Waals surface area contributed by atoms with E-state index in [1.807, 2.05) is 26.0 Å². The highest BCUT2D eigenvalue weighted by Gasteiger charge is 2.15. The average Bonchev–Trinajstić information content (AvgIpc) is 2.39. The highest BCUT2D eigenvalue weighted by molar-refractivity contribution is 6.33. The second-order valence-corrected chi connectivity index (χ2v) is 5.32. The van der Waals surface area contributed by atoms with E-state index in [0.29, 0.717) is 5.02 Å². The summed E-state index contributed by atoms with van der Waals surface area (Å²) in [5, 5.41) is 3.50. The lowest BCUT2D eigenvalue weighted by atomic mass is 10.2. The second-order valence-electron chi connectivity index (χ2n) is 4.91. The number of carbonyl (C=O) groups excluding carboxylic acids is 1. The Hall–Kier alpha value is -1.26. The minimum absolute atomic E-state index is 0.00445. The summed E-state index contributed by atoms with van der Waals surface area (Å²) in [4.78, 5) is 13.8. The Bertz CT molecular complexity index is 457. The SMILES string of the molecule is CC(C)C(=O)Nc1ccc(N2CCOCC2)c(Cl)c1. The molecule has 4 nitrogen and oxygen atoms in total. The summed E-state index contributed by atoms with van der Waals surface area (Å²) in [6, 6.07) is 5.63. The zero-order valence-electron chi connectivity index (χ0n) is 11.3. The van der Waals surface area contributed by atoms with E-state index in [1.165, 1.54) is 0 Å². The Morgan fingerprint density at radius 1 is 1.37 bits per heavy atom. The van der Waals surface area contributed by atoms with E-state index in [2.05, 4.69) is 10.2 Å². The zero-order chi connectivity index (χ0) is 13.8. The third-order valence-corrected chi connectivity index (χ3v) is 3.39. The molecule has 1 amide bonds. The minimum Gasteiger partial charge on any atom is -0.378 e. The zero-order valence-corrected chi connectivity index (χ0v) is 12.0. The molecular weight excluding hydrogens is 264 g/mol. The summed E-state index contributed by atoms with van der Waals surface area (Å²) in [5.41, 5.74) is 1.73. The first-order chi connectivity index (χ1) is 9.08. The highest BCUT2D eigenvalue weighted by Crippen LogP contribution is 2.29. The number of hydrogen-bond donors (Lipinski definition) is 1. The van der Waals surface area contributed by atoms with Gasteiger partial charge in [0.15, 0.2) is 0 Å². The molecular formula is C14H19ClN2O2. The van der Waals surface area contributed by atoms with Crippen molar-refractivity contribution in [1.29, 1.82) is 0 Å². The third kappa shape index (κ3) is 3.61. The molecule has 0 unspecified atom stereocenters. The van der Waals surface area contributed by atoms with Crippen molar-refractivity contribution in [3.05, 3.63) is 23.2 Å². The number of benzene rings is 1. The maximum Gasteiger partial charge on any atom is 0.226 e. The topological polar surface area (TPSA) is 41.6 Å². The van der Waals surface area contributed by atoms with Crippen LogP contribution in [-0.2, 0) is 9.53 Å². The summed E-state index contributed by atoms with van der Waals surface area (Å²) in [6.45, 7) is 6.86. The fourth-order valence-corrected chi connectivity index (χ4v) is 2.23. The molecule has 1 heterocycles. The van der Waals surface area contributed by atoms with Crippen LogP contribution in [0.25, 0.3) is 0 Å². The Morgan fingerprint density at radius 2 is 2.05 bits per heavy atom. The van der Waals surface area contributed by atoms with Gasteiger partial charge in [-0.05, 0) is 18.2 Å². The molecule has 0 spiro atoms. The lowest BCUT2D eigenvalue weighted by Gasteiger charge is -2.29. The Kier molecular flexibility index (Phi) is 4.66. The molecule has 5 heteroatoms. The van der Waals surface area contributed by atoms with E-state index in [9.17, 15) is 4.79 Å². The molecule has 19 heavy (non-hydrogen) atoms. The number of carbonyl (C=O) groups is 1. The van der Waals surface area contributed by atoms with Gasteiger partial charge in [0.25, 0.3) is 0 Å². The molecule has 0 aromatic heterocycles. The van der Waals surface area contributed by atoms with E-state index in [-0.39, 0.29) is 11.8 Å². The van der Waals surface area contributed by atoms with Crippen molar-refractivity contribution in [2.75, 3.05) is 36.5 Å². The van der Waals surface area contributed by atoms with Crippen LogP contribution in [0, 0.1) is 5.92 Å². The molecule has 1 aromatic carbocycles. The van der Waals surface area contributed by atoms with Gasteiger partial charge in [-0.2, -0.15) is 0 Å². The number of nitrogens with zero attached hydrogens (tertiary/aromatic N) is 1. The Balaban J connectivity index is 2.10. The van der Waals surface area contributed by atoms with Crippen molar-refractivity contribution in [2.45, 2.75) is 13.8 Å². The third-order valence-electron chi connectivity index (χ3n) is 3.09. The minimum atomic E-state index is -0.0438. The van der Waals surface area contributed by atoms with Crippen molar-refractivity contribution in [3.8, 4) is 0 Å². The van der Waals surface area contributed by atoms with Gasteiger partial charge >= 0.3 is 0 Å². The molecule has 1 fully saturated rings. The molecule has 0 radical (unpaired) electrons. The first-order valence-electron chi connectivity index (χ1n) is 6.51. The predicted octanol–water partition coefficient (Wildman–Crippen LogP) is 2.77. The first kappa shape index (κ1) is 14.2. The summed E-state index contributed by atoms with van der Waals surface area (Å²) in [6.07, 6.45) is 0. The van der Waals surface area contributed by atoms with Crippen molar-refractivity contribution in [1.82, 2.24) is 0 Å². The average molecular weight is 283 g/mol. The molecule has 1 aromatic rings. The summed E-state index contributed by atoms with van der Waals surface area (Å²) < 4.78 is 5.32. The van der Waals surface area contributed by atoms with Crippen LogP contribution in [0.4, 0.5) is 11.4 Å². The van der Waals surface area contributed by atoms with E-state index in [0.717, 1.165) is 37.7 Å².